The van der Waals surface area contributed by atoms with Crippen LogP contribution in [0.5, 0.6) is 0 Å². The Morgan fingerprint density at radius 2 is 1.87 bits per heavy atom. The summed E-state index contributed by atoms with van der Waals surface area (Å²) in [5.41, 5.74) is -0.351. The predicted octanol–water partition coefficient (Wildman–Crippen LogP) is 4.24. The third-order valence-electron chi connectivity index (χ3n) is 5.34. The highest BCUT2D eigenvalue weighted by molar-refractivity contribution is 5.67. The highest BCUT2D eigenvalue weighted by atomic mass is 16.6. The van der Waals surface area contributed by atoms with Gasteiger partial charge in [-0.05, 0) is 64.8 Å². The minimum Gasteiger partial charge on any atom is -0.444 e. The van der Waals surface area contributed by atoms with Crippen LogP contribution in [0.25, 0.3) is 0 Å². The largest absolute Gasteiger partial charge is 0.444 e. The summed E-state index contributed by atoms with van der Waals surface area (Å²) in [4.78, 5) is 11.9. The second kappa shape index (κ2) is 7.87. The van der Waals surface area contributed by atoms with Gasteiger partial charge in [0, 0.05) is 12.1 Å². The second-order valence-electron chi connectivity index (χ2n) is 8.86. The molecule has 2 N–H and O–H groups in total. The Balaban J connectivity index is 1.80. The van der Waals surface area contributed by atoms with E-state index in [-0.39, 0.29) is 11.6 Å². The molecule has 0 radical (unpaired) electrons. The van der Waals surface area contributed by atoms with Crippen molar-refractivity contribution in [2.24, 2.45) is 11.8 Å². The Bertz CT molecular complexity index is 383. The van der Waals surface area contributed by atoms with Gasteiger partial charge in [0.25, 0.3) is 0 Å². The molecule has 0 spiro atoms. The highest BCUT2D eigenvalue weighted by Gasteiger charge is 2.35. The number of amides is 1. The third kappa shape index (κ3) is 6.33. The van der Waals surface area contributed by atoms with E-state index in [0.29, 0.717) is 6.54 Å². The molecule has 0 aromatic heterocycles. The Labute approximate surface area is 142 Å². The molecule has 0 aromatic rings. The number of hydrogen-bond donors (Lipinski definition) is 2. The lowest BCUT2D eigenvalue weighted by Gasteiger charge is -2.35. The van der Waals surface area contributed by atoms with Crippen molar-refractivity contribution in [3.63, 3.8) is 0 Å². The first kappa shape index (κ1) is 18.6. The zero-order valence-electron chi connectivity index (χ0n) is 15.5. The summed E-state index contributed by atoms with van der Waals surface area (Å²) in [6, 6.07) is 0. The molecule has 2 aliphatic carbocycles. The molecule has 2 atom stereocenters. The van der Waals surface area contributed by atoms with Crippen LogP contribution in [0.2, 0.25) is 0 Å². The molecule has 0 bridgehead atoms. The molecule has 4 heteroatoms. The van der Waals surface area contributed by atoms with Gasteiger partial charge in [-0.25, -0.2) is 4.79 Å². The summed E-state index contributed by atoms with van der Waals surface area (Å²) in [5.74, 6) is 1.67. The standard InChI is InChI=1S/C19H36N2O2/c1-15-8-7-9-16(12-15)13-21-19(10-5-6-11-19)14-20-17(22)23-18(2,3)4/h15-16,21H,5-14H2,1-4H3,(H,20,22). The lowest BCUT2D eigenvalue weighted by molar-refractivity contribution is 0.0508. The van der Waals surface area contributed by atoms with Crippen LogP contribution in [0.4, 0.5) is 4.79 Å². The van der Waals surface area contributed by atoms with Gasteiger partial charge in [-0.3, -0.25) is 0 Å². The van der Waals surface area contributed by atoms with Gasteiger partial charge in [0.2, 0.25) is 0 Å². The van der Waals surface area contributed by atoms with Crippen LogP contribution >= 0.6 is 0 Å². The number of alkyl carbamates (subject to hydrolysis) is 1. The topological polar surface area (TPSA) is 50.4 Å². The van der Waals surface area contributed by atoms with Crippen LogP contribution in [0, 0.1) is 11.8 Å². The van der Waals surface area contributed by atoms with Crippen LogP contribution in [-0.4, -0.2) is 30.3 Å². The average molecular weight is 325 g/mol. The molecule has 2 aliphatic rings. The van der Waals surface area contributed by atoms with Crippen LogP contribution in [0.15, 0.2) is 0 Å². The molecule has 2 saturated carbocycles. The zero-order chi connectivity index (χ0) is 16.9. The maximum Gasteiger partial charge on any atom is 0.407 e. The highest BCUT2D eigenvalue weighted by Crippen LogP contribution is 2.32. The molecule has 1 amide bonds. The summed E-state index contributed by atoms with van der Waals surface area (Å²) >= 11 is 0. The smallest absolute Gasteiger partial charge is 0.407 e. The number of ether oxygens (including phenoxy) is 1. The summed E-state index contributed by atoms with van der Waals surface area (Å²) < 4.78 is 5.37. The average Bonchev–Trinajstić information content (AvgIpc) is 2.91. The minimum absolute atomic E-state index is 0.0809. The summed E-state index contributed by atoms with van der Waals surface area (Å²) in [5, 5.41) is 6.83. The predicted molar refractivity (Wildman–Crippen MR) is 94.6 cm³/mol. The molecule has 2 unspecified atom stereocenters. The summed E-state index contributed by atoms with van der Waals surface area (Å²) in [7, 11) is 0. The fourth-order valence-electron chi connectivity index (χ4n) is 4.13. The van der Waals surface area contributed by atoms with Gasteiger partial charge in [-0.15, -0.1) is 0 Å². The van der Waals surface area contributed by atoms with Crippen molar-refractivity contribution in [3.05, 3.63) is 0 Å². The van der Waals surface area contributed by atoms with Crippen LogP contribution in [-0.2, 0) is 4.74 Å². The Morgan fingerprint density at radius 1 is 1.17 bits per heavy atom. The van der Waals surface area contributed by atoms with Crippen molar-refractivity contribution in [3.8, 4) is 0 Å². The quantitative estimate of drug-likeness (QED) is 0.795. The molecule has 0 saturated heterocycles. The SMILES string of the molecule is CC1CCCC(CNC2(CNC(=O)OC(C)(C)C)CCCC2)C1. The Morgan fingerprint density at radius 3 is 2.48 bits per heavy atom. The molecule has 134 valence electrons. The molecule has 0 aliphatic heterocycles. The van der Waals surface area contributed by atoms with Gasteiger partial charge in [0.05, 0.1) is 0 Å². The second-order valence-corrected chi connectivity index (χ2v) is 8.86. The molecule has 0 aromatic carbocycles. The lowest BCUT2D eigenvalue weighted by atomic mass is 9.82. The van der Waals surface area contributed by atoms with Gasteiger partial charge < -0.3 is 15.4 Å². The Hall–Kier alpha value is -0.770. The number of carbonyl (C=O) groups excluding carboxylic acids is 1. The molecular weight excluding hydrogens is 288 g/mol. The van der Waals surface area contributed by atoms with Crippen LogP contribution in [0.1, 0.15) is 79.1 Å². The van der Waals surface area contributed by atoms with E-state index in [1.54, 1.807) is 0 Å². The van der Waals surface area contributed by atoms with Gasteiger partial charge in [-0.2, -0.15) is 0 Å². The molecule has 4 nitrogen and oxygen atoms in total. The van der Waals surface area contributed by atoms with E-state index < -0.39 is 5.60 Å². The molecule has 0 heterocycles. The Kier molecular flexibility index (Phi) is 6.35. The van der Waals surface area contributed by atoms with Crippen LogP contribution < -0.4 is 10.6 Å². The van der Waals surface area contributed by atoms with Gasteiger partial charge in [-0.1, -0.05) is 32.6 Å². The van der Waals surface area contributed by atoms with Crippen molar-refractivity contribution < 1.29 is 9.53 Å². The third-order valence-corrected chi connectivity index (χ3v) is 5.34. The number of nitrogens with one attached hydrogen (secondary N) is 2. The monoisotopic (exact) mass is 324 g/mol. The van der Waals surface area contributed by atoms with E-state index >= 15 is 0 Å². The van der Waals surface area contributed by atoms with Crippen LogP contribution in [0.3, 0.4) is 0 Å². The minimum atomic E-state index is -0.432. The van der Waals surface area contributed by atoms with Crippen molar-refractivity contribution in [2.75, 3.05) is 13.1 Å². The number of carbonyl (C=O) groups is 1. The van der Waals surface area contributed by atoms with E-state index in [1.165, 1.54) is 38.5 Å². The molecule has 2 rings (SSSR count). The van der Waals surface area contributed by atoms with Gasteiger partial charge in [0.15, 0.2) is 0 Å². The fourth-order valence-corrected chi connectivity index (χ4v) is 4.13. The molecule has 23 heavy (non-hydrogen) atoms. The molecular formula is C19H36N2O2. The van der Waals surface area contributed by atoms with Crippen molar-refractivity contribution in [1.29, 1.82) is 0 Å². The van der Waals surface area contributed by atoms with E-state index in [2.05, 4.69) is 17.6 Å². The van der Waals surface area contributed by atoms with Gasteiger partial charge in [0.1, 0.15) is 5.60 Å². The first-order valence-electron chi connectivity index (χ1n) is 9.50. The first-order valence-corrected chi connectivity index (χ1v) is 9.50. The maximum atomic E-state index is 11.9. The summed E-state index contributed by atoms with van der Waals surface area (Å²) in [6.45, 7) is 9.87. The maximum absolute atomic E-state index is 11.9. The van der Waals surface area contributed by atoms with Crippen molar-refractivity contribution in [1.82, 2.24) is 10.6 Å². The number of rotatable bonds is 5. The van der Waals surface area contributed by atoms with Crippen molar-refractivity contribution in [2.45, 2.75) is 90.2 Å². The molecule has 2 fully saturated rings. The van der Waals surface area contributed by atoms with Crippen molar-refractivity contribution >= 4 is 6.09 Å². The zero-order valence-corrected chi connectivity index (χ0v) is 15.5. The van der Waals surface area contributed by atoms with Gasteiger partial charge >= 0.3 is 6.09 Å². The summed E-state index contributed by atoms with van der Waals surface area (Å²) in [6.07, 6.45) is 10.00. The van der Waals surface area contributed by atoms with E-state index in [1.807, 2.05) is 20.8 Å². The fraction of sp³-hybridized carbons (Fsp3) is 0.947. The lowest BCUT2D eigenvalue weighted by Crippen LogP contribution is -2.53. The number of hydrogen-bond acceptors (Lipinski definition) is 3. The normalized spacial score (nSPS) is 27.7. The van der Waals surface area contributed by atoms with E-state index in [9.17, 15) is 4.79 Å². The van der Waals surface area contributed by atoms with E-state index in [0.717, 1.165) is 31.2 Å². The first-order chi connectivity index (χ1) is 10.8. The van der Waals surface area contributed by atoms with E-state index in [4.69, 9.17) is 4.74 Å².